The molecule has 2 aromatic carbocycles. The van der Waals surface area contributed by atoms with Gasteiger partial charge in [0.05, 0.1) is 12.2 Å². The molecule has 0 amide bonds. The van der Waals surface area contributed by atoms with E-state index < -0.39 is 0 Å². The second-order valence-corrected chi connectivity index (χ2v) is 4.04. The van der Waals surface area contributed by atoms with Crippen LogP contribution in [0.1, 0.15) is 24.2 Å². The lowest BCUT2D eigenvalue weighted by atomic mass is 10.00. The highest BCUT2D eigenvalue weighted by atomic mass is 16.5. The molecule has 0 aliphatic heterocycles. The highest BCUT2D eigenvalue weighted by Gasteiger charge is 2.13. The maximum absolute atomic E-state index is 11.6. The lowest BCUT2D eigenvalue weighted by Gasteiger charge is -2.13. The molecule has 0 N–H and O–H groups in total. The van der Waals surface area contributed by atoms with Crippen molar-refractivity contribution in [3.05, 3.63) is 54.1 Å². The third-order valence-electron chi connectivity index (χ3n) is 2.77. The number of carbonyl (C=O) groups is 1. The largest absolute Gasteiger partial charge is 0.492 e. The normalized spacial score (nSPS) is 10.1. The maximum Gasteiger partial charge on any atom is 0.163 e. The van der Waals surface area contributed by atoms with Gasteiger partial charge in [-0.1, -0.05) is 42.5 Å². The molecule has 18 heavy (non-hydrogen) atoms. The Hall–Kier alpha value is -2.09. The SMILES string of the molecule is CCOc1c(C(C)=O)cccc1-c1ccccc1. The molecule has 2 heteroatoms. The molecule has 0 saturated heterocycles. The molecule has 0 spiro atoms. The Labute approximate surface area is 107 Å². The summed E-state index contributed by atoms with van der Waals surface area (Å²) in [5.41, 5.74) is 2.66. The number of hydrogen-bond donors (Lipinski definition) is 0. The van der Waals surface area contributed by atoms with Gasteiger partial charge in [0.2, 0.25) is 0 Å². The molecule has 0 bridgehead atoms. The van der Waals surface area contributed by atoms with Crippen molar-refractivity contribution in [2.75, 3.05) is 6.61 Å². The Morgan fingerprint density at radius 3 is 2.39 bits per heavy atom. The maximum atomic E-state index is 11.6. The van der Waals surface area contributed by atoms with Crippen molar-refractivity contribution in [2.24, 2.45) is 0 Å². The zero-order valence-corrected chi connectivity index (χ0v) is 10.6. The van der Waals surface area contributed by atoms with E-state index in [9.17, 15) is 4.79 Å². The van der Waals surface area contributed by atoms with Crippen LogP contribution in [-0.4, -0.2) is 12.4 Å². The average Bonchev–Trinajstić information content (AvgIpc) is 2.40. The Morgan fingerprint density at radius 2 is 1.78 bits per heavy atom. The molecule has 0 atom stereocenters. The fraction of sp³-hybridized carbons (Fsp3) is 0.188. The van der Waals surface area contributed by atoms with Gasteiger partial charge in [-0.25, -0.2) is 0 Å². The second kappa shape index (κ2) is 5.50. The summed E-state index contributed by atoms with van der Waals surface area (Å²) in [5, 5.41) is 0. The Morgan fingerprint density at radius 1 is 1.06 bits per heavy atom. The predicted molar refractivity (Wildman–Crippen MR) is 73.1 cm³/mol. The summed E-state index contributed by atoms with van der Waals surface area (Å²) in [7, 11) is 0. The van der Waals surface area contributed by atoms with Crippen LogP contribution in [0.5, 0.6) is 5.75 Å². The first kappa shape index (κ1) is 12.4. The fourth-order valence-corrected chi connectivity index (χ4v) is 1.96. The molecule has 0 saturated carbocycles. The molecule has 92 valence electrons. The van der Waals surface area contributed by atoms with Gasteiger partial charge in [0.1, 0.15) is 5.75 Å². The molecule has 0 radical (unpaired) electrons. The van der Waals surface area contributed by atoms with E-state index in [1.165, 1.54) is 0 Å². The van der Waals surface area contributed by atoms with Crippen LogP contribution in [-0.2, 0) is 0 Å². The van der Waals surface area contributed by atoms with Crippen LogP contribution >= 0.6 is 0 Å². The molecular formula is C16H16O2. The quantitative estimate of drug-likeness (QED) is 0.756. The van der Waals surface area contributed by atoms with E-state index in [1.54, 1.807) is 13.0 Å². The number of rotatable bonds is 4. The van der Waals surface area contributed by atoms with Gasteiger partial charge >= 0.3 is 0 Å². The van der Waals surface area contributed by atoms with E-state index in [0.29, 0.717) is 17.9 Å². The van der Waals surface area contributed by atoms with E-state index >= 15 is 0 Å². The Bertz CT molecular complexity index is 544. The smallest absolute Gasteiger partial charge is 0.163 e. The van der Waals surface area contributed by atoms with Gasteiger partial charge in [-0.15, -0.1) is 0 Å². The first-order valence-electron chi connectivity index (χ1n) is 6.06. The van der Waals surface area contributed by atoms with E-state index in [0.717, 1.165) is 11.1 Å². The van der Waals surface area contributed by atoms with E-state index in [-0.39, 0.29) is 5.78 Å². The third kappa shape index (κ3) is 2.43. The predicted octanol–water partition coefficient (Wildman–Crippen LogP) is 3.95. The first-order valence-corrected chi connectivity index (χ1v) is 6.06. The van der Waals surface area contributed by atoms with Crippen LogP contribution < -0.4 is 4.74 Å². The molecule has 0 heterocycles. The Balaban J connectivity index is 2.60. The number of ether oxygens (including phenoxy) is 1. The summed E-state index contributed by atoms with van der Waals surface area (Å²) in [6.45, 7) is 4.03. The van der Waals surface area contributed by atoms with Gasteiger partial charge in [0.15, 0.2) is 5.78 Å². The van der Waals surface area contributed by atoms with Crippen molar-refractivity contribution in [3.8, 4) is 16.9 Å². The molecule has 2 rings (SSSR count). The molecule has 2 nitrogen and oxygen atoms in total. The van der Waals surface area contributed by atoms with Gasteiger partial charge in [-0.05, 0) is 25.5 Å². The third-order valence-corrected chi connectivity index (χ3v) is 2.77. The molecule has 2 aromatic rings. The van der Waals surface area contributed by atoms with Crippen molar-refractivity contribution in [2.45, 2.75) is 13.8 Å². The number of para-hydroxylation sites is 1. The summed E-state index contributed by atoms with van der Waals surface area (Å²) in [6.07, 6.45) is 0. The summed E-state index contributed by atoms with van der Waals surface area (Å²) in [4.78, 5) is 11.6. The zero-order valence-electron chi connectivity index (χ0n) is 10.6. The van der Waals surface area contributed by atoms with E-state index in [2.05, 4.69) is 0 Å². The molecule has 0 unspecified atom stereocenters. The highest BCUT2D eigenvalue weighted by molar-refractivity contribution is 5.99. The minimum absolute atomic E-state index is 0.0243. The monoisotopic (exact) mass is 240 g/mol. The van der Waals surface area contributed by atoms with Gasteiger partial charge in [0.25, 0.3) is 0 Å². The van der Waals surface area contributed by atoms with Crippen molar-refractivity contribution >= 4 is 5.78 Å². The Kier molecular flexibility index (Phi) is 3.78. The standard InChI is InChI=1S/C16H16O2/c1-3-18-16-14(12(2)17)10-7-11-15(16)13-8-5-4-6-9-13/h4-11H,3H2,1-2H3. The number of ketones is 1. The molecule has 0 aromatic heterocycles. The molecule has 0 aliphatic carbocycles. The van der Waals surface area contributed by atoms with Gasteiger partial charge < -0.3 is 4.74 Å². The van der Waals surface area contributed by atoms with Crippen LogP contribution in [0, 0.1) is 0 Å². The van der Waals surface area contributed by atoms with Gasteiger partial charge in [0, 0.05) is 5.56 Å². The number of hydrogen-bond acceptors (Lipinski definition) is 2. The fourth-order valence-electron chi connectivity index (χ4n) is 1.96. The van der Waals surface area contributed by atoms with E-state index in [1.807, 2.05) is 49.4 Å². The number of Topliss-reactive ketones (excluding diaryl/α,β-unsaturated/α-hetero) is 1. The summed E-state index contributed by atoms with van der Waals surface area (Å²) in [5.74, 6) is 0.704. The summed E-state index contributed by atoms with van der Waals surface area (Å²) >= 11 is 0. The summed E-state index contributed by atoms with van der Waals surface area (Å²) in [6, 6.07) is 15.6. The van der Waals surface area contributed by atoms with Crippen LogP contribution in [0.2, 0.25) is 0 Å². The van der Waals surface area contributed by atoms with Crippen molar-refractivity contribution < 1.29 is 9.53 Å². The number of carbonyl (C=O) groups excluding carboxylic acids is 1. The van der Waals surface area contributed by atoms with E-state index in [4.69, 9.17) is 4.74 Å². The minimum atomic E-state index is 0.0243. The highest BCUT2D eigenvalue weighted by Crippen LogP contribution is 2.33. The molecule has 0 fully saturated rings. The van der Waals surface area contributed by atoms with Gasteiger partial charge in [-0.3, -0.25) is 4.79 Å². The van der Waals surface area contributed by atoms with Crippen molar-refractivity contribution in [1.82, 2.24) is 0 Å². The van der Waals surface area contributed by atoms with Crippen LogP contribution in [0.4, 0.5) is 0 Å². The lowest BCUT2D eigenvalue weighted by molar-refractivity contribution is 0.101. The first-order chi connectivity index (χ1) is 8.74. The minimum Gasteiger partial charge on any atom is -0.492 e. The second-order valence-electron chi connectivity index (χ2n) is 4.04. The number of benzene rings is 2. The van der Waals surface area contributed by atoms with Gasteiger partial charge in [-0.2, -0.15) is 0 Å². The molecule has 0 aliphatic rings. The van der Waals surface area contributed by atoms with Crippen molar-refractivity contribution in [1.29, 1.82) is 0 Å². The van der Waals surface area contributed by atoms with Crippen LogP contribution in [0.15, 0.2) is 48.5 Å². The average molecular weight is 240 g/mol. The van der Waals surface area contributed by atoms with Crippen molar-refractivity contribution in [3.63, 3.8) is 0 Å². The van der Waals surface area contributed by atoms with Crippen LogP contribution in [0.3, 0.4) is 0 Å². The lowest BCUT2D eigenvalue weighted by Crippen LogP contribution is -2.02. The molecular weight excluding hydrogens is 224 g/mol. The topological polar surface area (TPSA) is 26.3 Å². The summed E-state index contributed by atoms with van der Waals surface area (Å²) < 4.78 is 5.66. The zero-order chi connectivity index (χ0) is 13.0. The van der Waals surface area contributed by atoms with Crippen LogP contribution in [0.25, 0.3) is 11.1 Å².